The van der Waals surface area contributed by atoms with Gasteiger partial charge in [-0.1, -0.05) is 18.8 Å². The number of nitrogens with zero attached hydrogens (tertiary/aromatic N) is 1. The van der Waals surface area contributed by atoms with Crippen LogP contribution in [0.5, 0.6) is 0 Å². The van der Waals surface area contributed by atoms with Crippen molar-refractivity contribution in [3.05, 3.63) is 0 Å². The van der Waals surface area contributed by atoms with E-state index in [1.165, 1.54) is 12.8 Å². The Balaban J connectivity index is 2.10. The minimum absolute atomic E-state index is 0.0125. The highest BCUT2D eigenvalue weighted by Gasteiger charge is 2.39. The molecule has 1 saturated carbocycles. The first-order chi connectivity index (χ1) is 9.19. The molecule has 0 aromatic rings. The van der Waals surface area contributed by atoms with Gasteiger partial charge in [0.25, 0.3) is 0 Å². The second kappa shape index (κ2) is 6.40. The van der Waals surface area contributed by atoms with Crippen molar-refractivity contribution in [1.82, 2.24) is 4.90 Å². The molecule has 0 bridgehead atoms. The summed E-state index contributed by atoms with van der Waals surface area (Å²) in [5.41, 5.74) is 12.0. The zero-order valence-electron chi connectivity index (χ0n) is 11.8. The molecule has 1 saturated heterocycles. The Labute approximate surface area is 115 Å². The molecule has 0 aromatic carbocycles. The smallest absolute Gasteiger partial charge is 0.241 e. The normalized spacial score (nSPS) is 29.1. The number of hydrogen-bond donors (Lipinski definition) is 2. The second-order valence-electron chi connectivity index (χ2n) is 5.69. The van der Waals surface area contributed by atoms with Crippen molar-refractivity contribution in [3.8, 4) is 11.8 Å². The molecule has 2 aliphatic rings. The average molecular weight is 263 g/mol. The SMILES string of the molecule is CC#C[C@H]1CC[C@@H](CN)N1C(=O)C(N)C1CCCC1. The van der Waals surface area contributed by atoms with Gasteiger partial charge in [0.1, 0.15) is 0 Å². The summed E-state index contributed by atoms with van der Waals surface area (Å²) >= 11 is 0. The summed E-state index contributed by atoms with van der Waals surface area (Å²) in [6.07, 6.45) is 6.43. The largest absolute Gasteiger partial charge is 0.328 e. The molecule has 4 N–H and O–H groups in total. The topological polar surface area (TPSA) is 72.3 Å². The molecule has 1 amide bonds. The van der Waals surface area contributed by atoms with Crippen LogP contribution in [0.4, 0.5) is 0 Å². The van der Waals surface area contributed by atoms with Crippen molar-refractivity contribution < 1.29 is 4.79 Å². The molecule has 1 aliphatic heterocycles. The zero-order valence-corrected chi connectivity index (χ0v) is 11.8. The maximum atomic E-state index is 12.7. The van der Waals surface area contributed by atoms with E-state index in [0.717, 1.165) is 25.7 Å². The first-order valence-corrected chi connectivity index (χ1v) is 7.39. The van der Waals surface area contributed by atoms with Crippen LogP contribution in [0.3, 0.4) is 0 Å². The van der Waals surface area contributed by atoms with Crippen LogP contribution < -0.4 is 11.5 Å². The molecule has 106 valence electrons. The van der Waals surface area contributed by atoms with Gasteiger partial charge in [-0.15, -0.1) is 5.92 Å². The molecule has 0 radical (unpaired) electrons. The molecule has 4 heteroatoms. The van der Waals surface area contributed by atoms with Crippen LogP contribution in [0.15, 0.2) is 0 Å². The minimum atomic E-state index is -0.365. The third kappa shape index (κ3) is 2.93. The zero-order chi connectivity index (χ0) is 13.8. The van der Waals surface area contributed by atoms with E-state index in [9.17, 15) is 4.79 Å². The van der Waals surface area contributed by atoms with Crippen molar-refractivity contribution in [2.75, 3.05) is 6.54 Å². The molecular weight excluding hydrogens is 238 g/mol. The van der Waals surface area contributed by atoms with Crippen LogP contribution in [0.1, 0.15) is 45.4 Å². The monoisotopic (exact) mass is 263 g/mol. The maximum Gasteiger partial charge on any atom is 0.241 e. The minimum Gasteiger partial charge on any atom is -0.328 e. The van der Waals surface area contributed by atoms with Crippen LogP contribution in [0, 0.1) is 17.8 Å². The number of carbonyl (C=O) groups excluding carboxylic acids is 1. The molecular formula is C15H25N3O. The molecule has 0 spiro atoms. The first-order valence-electron chi connectivity index (χ1n) is 7.39. The molecule has 1 aliphatic carbocycles. The highest BCUT2D eigenvalue weighted by atomic mass is 16.2. The van der Waals surface area contributed by atoms with Gasteiger partial charge in [0.2, 0.25) is 5.91 Å². The van der Waals surface area contributed by atoms with Crippen LogP contribution in [0.2, 0.25) is 0 Å². The Morgan fingerprint density at radius 2 is 2.00 bits per heavy atom. The lowest BCUT2D eigenvalue weighted by Crippen LogP contribution is -2.53. The third-order valence-electron chi connectivity index (χ3n) is 4.53. The van der Waals surface area contributed by atoms with Gasteiger partial charge >= 0.3 is 0 Å². The van der Waals surface area contributed by atoms with E-state index in [0.29, 0.717) is 12.5 Å². The number of carbonyl (C=O) groups is 1. The van der Waals surface area contributed by atoms with Gasteiger partial charge in [0.15, 0.2) is 0 Å². The highest BCUT2D eigenvalue weighted by Crippen LogP contribution is 2.30. The fraction of sp³-hybridized carbons (Fsp3) is 0.800. The molecule has 0 aromatic heterocycles. The Morgan fingerprint density at radius 1 is 1.32 bits per heavy atom. The number of nitrogens with two attached hydrogens (primary N) is 2. The summed E-state index contributed by atoms with van der Waals surface area (Å²) < 4.78 is 0. The first kappa shape index (κ1) is 14.4. The fourth-order valence-electron chi connectivity index (χ4n) is 3.45. The van der Waals surface area contributed by atoms with Crippen LogP contribution in [0.25, 0.3) is 0 Å². The quantitative estimate of drug-likeness (QED) is 0.741. The van der Waals surface area contributed by atoms with E-state index in [2.05, 4.69) is 11.8 Å². The second-order valence-corrected chi connectivity index (χ2v) is 5.69. The number of rotatable bonds is 3. The maximum absolute atomic E-state index is 12.7. The summed E-state index contributed by atoms with van der Waals surface area (Å²) in [5.74, 6) is 6.46. The molecule has 2 fully saturated rings. The van der Waals surface area contributed by atoms with Crippen LogP contribution in [-0.4, -0.2) is 35.5 Å². The molecule has 1 heterocycles. The highest BCUT2D eigenvalue weighted by molar-refractivity contribution is 5.83. The van der Waals surface area contributed by atoms with Gasteiger partial charge in [-0.05, 0) is 38.5 Å². The number of likely N-dealkylation sites (tertiary alicyclic amines) is 1. The van der Waals surface area contributed by atoms with Crippen molar-refractivity contribution in [2.45, 2.75) is 63.6 Å². The van der Waals surface area contributed by atoms with Gasteiger partial charge in [-0.2, -0.15) is 0 Å². The van der Waals surface area contributed by atoms with E-state index in [1.807, 2.05) is 11.8 Å². The molecule has 3 atom stereocenters. The standard InChI is InChI=1S/C15H25N3O/c1-2-5-12-8-9-13(10-16)18(12)15(19)14(17)11-6-3-4-7-11/h11-14H,3-4,6-10,16-17H2,1H3/t12-,13-,14?/m0/s1. The van der Waals surface area contributed by atoms with E-state index in [1.54, 1.807) is 0 Å². The summed E-state index contributed by atoms with van der Waals surface area (Å²) in [7, 11) is 0. The summed E-state index contributed by atoms with van der Waals surface area (Å²) in [6.45, 7) is 2.32. The lowest BCUT2D eigenvalue weighted by atomic mass is 9.97. The van der Waals surface area contributed by atoms with Gasteiger partial charge in [-0.25, -0.2) is 0 Å². The van der Waals surface area contributed by atoms with Crippen LogP contribution in [-0.2, 0) is 4.79 Å². The van der Waals surface area contributed by atoms with Gasteiger partial charge in [0.05, 0.1) is 12.1 Å². The Kier molecular flexibility index (Phi) is 4.84. The van der Waals surface area contributed by atoms with E-state index in [-0.39, 0.29) is 24.0 Å². The molecule has 1 unspecified atom stereocenters. The predicted molar refractivity (Wildman–Crippen MR) is 76.1 cm³/mol. The van der Waals surface area contributed by atoms with Crippen molar-refractivity contribution in [3.63, 3.8) is 0 Å². The van der Waals surface area contributed by atoms with Crippen molar-refractivity contribution in [1.29, 1.82) is 0 Å². The van der Waals surface area contributed by atoms with Crippen LogP contribution >= 0.6 is 0 Å². The molecule has 2 rings (SSSR count). The summed E-state index contributed by atoms with van der Waals surface area (Å²) in [6, 6.07) is -0.236. The van der Waals surface area contributed by atoms with E-state index >= 15 is 0 Å². The Hall–Kier alpha value is -1.05. The summed E-state index contributed by atoms with van der Waals surface area (Å²) in [5, 5.41) is 0. The molecule has 4 nitrogen and oxygen atoms in total. The number of amides is 1. The summed E-state index contributed by atoms with van der Waals surface area (Å²) in [4.78, 5) is 14.5. The fourth-order valence-corrected chi connectivity index (χ4v) is 3.45. The van der Waals surface area contributed by atoms with Gasteiger partial charge in [0, 0.05) is 12.6 Å². The van der Waals surface area contributed by atoms with Crippen molar-refractivity contribution >= 4 is 5.91 Å². The Morgan fingerprint density at radius 3 is 2.58 bits per heavy atom. The Bertz CT molecular complexity index is 379. The van der Waals surface area contributed by atoms with Crippen molar-refractivity contribution in [2.24, 2.45) is 17.4 Å². The number of hydrogen-bond acceptors (Lipinski definition) is 3. The van der Waals surface area contributed by atoms with Gasteiger partial charge < -0.3 is 16.4 Å². The lowest BCUT2D eigenvalue weighted by molar-refractivity contribution is -0.135. The molecule has 19 heavy (non-hydrogen) atoms. The predicted octanol–water partition coefficient (Wildman–Crippen LogP) is 0.846. The lowest BCUT2D eigenvalue weighted by Gasteiger charge is -2.31. The average Bonchev–Trinajstić information content (AvgIpc) is 3.06. The van der Waals surface area contributed by atoms with E-state index < -0.39 is 0 Å². The van der Waals surface area contributed by atoms with Gasteiger partial charge in [-0.3, -0.25) is 4.79 Å². The third-order valence-corrected chi connectivity index (χ3v) is 4.53. The van der Waals surface area contributed by atoms with E-state index in [4.69, 9.17) is 11.5 Å².